The molecule has 1 fully saturated rings. The Morgan fingerprint density at radius 1 is 1.11 bits per heavy atom. The normalized spacial score (nSPS) is 23.2. The van der Waals surface area contributed by atoms with Gasteiger partial charge in [-0.25, -0.2) is 0 Å². The lowest BCUT2D eigenvalue weighted by Gasteiger charge is -2.28. The molecule has 0 amide bonds. The first-order chi connectivity index (χ1) is 9.38. The molecule has 0 spiro atoms. The van der Waals surface area contributed by atoms with Gasteiger partial charge in [0, 0.05) is 11.9 Å². The molecule has 2 nitrogen and oxygen atoms in total. The van der Waals surface area contributed by atoms with Gasteiger partial charge >= 0.3 is 0 Å². The summed E-state index contributed by atoms with van der Waals surface area (Å²) in [7, 11) is 0. The molecule has 1 aliphatic rings. The molecule has 1 aromatic rings. The summed E-state index contributed by atoms with van der Waals surface area (Å²) in [5, 5.41) is 3.63. The van der Waals surface area contributed by atoms with E-state index in [1.165, 1.54) is 25.7 Å². The van der Waals surface area contributed by atoms with Crippen molar-refractivity contribution in [2.45, 2.75) is 38.1 Å². The zero-order valence-electron chi connectivity index (χ0n) is 11.5. The van der Waals surface area contributed by atoms with Crippen LogP contribution in [0.2, 0.25) is 0 Å². The second-order valence-electron chi connectivity index (χ2n) is 5.34. The standard InChI is InChI=1S/C16H24ClNO/c17-13-14-7-9-15(10-8-14)18-11-4-12-19-16-5-2-1-3-6-16/h1-3,5-6,14-15,18H,4,7-13H2. The summed E-state index contributed by atoms with van der Waals surface area (Å²) in [6, 6.07) is 10.7. The molecule has 0 unspecified atom stereocenters. The van der Waals surface area contributed by atoms with Gasteiger partial charge in [0.1, 0.15) is 5.75 Å². The molecule has 0 heterocycles. The van der Waals surface area contributed by atoms with Crippen molar-refractivity contribution in [3.63, 3.8) is 0 Å². The fraction of sp³-hybridized carbons (Fsp3) is 0.625. The van der Waals surface area contributed by atoms with Gasteiger partial charge in [-0.2, -0.15) is 0 Å². The number of halogens is 1. The third-order valence-corrected chi connectivity index (χ3v) is 4.27. The Bertz CT molecular complexity index is 336. The molecule has 0 aromatic heterocycles. The summed E-state index contributed by atoms with van der Waals surface area (Å²) < 4.78 is 5.67. The minimum absolute atomic E-state index is 0.691. The van der Waals surface area contributed by atoms with Crippen molar-refractivity contribution < 1.29 is 4.74 Å². The number of hydrogen-bond acceptors (Lipinski definition) is 2. The van der Waals surface area contributed by atoms with Crippen LogP contribution in [0, 0.1) is 5.92 Å². The Morgan fingerprint density at radius 3 is 2.53 bits per heavy atom. The second kappa shape index (κ2) is 8.44. The average Bonchev–Trinajstić information content (AvgIpc) is 2.49. The van der Waals surface area contributed by atoms with Crippen LogP contribution in [0.1, 0.15) is 32.1 Å². The van der Waals surface area contributed by atoms with Gasteiger partial charge in [-0.1, -0.05) is 18.2 Å². The fourth-order valence-corrected chi connectivity index (χ4v) is 2.91. The number of rotatable bonds is 7. The number of alkyl halides is 1. The van der Waals surface area contributed by atoms with Crippen LogP contribution in [-0.4, -0.2) is 25.1 Å². The van der Waals surface area contributed by atoms with Gasteiger partial charge in [-0.3, -0.25) is 0 Å². The van der Waals surface area contributed by atoms with Crippen LogP contribution in [0.4, 0.5) is 0 Å². The third kappa shape index (κ3) is 5.42. The van der Waals surface area contributed by atoms with E-state index in [2.05, 4.69) is 5.32 Å². The van der Waals surface area contributed by atoms with E-state index >= 15 is 0 Å². The van der Waals surface area contributed by atoms with Crippen molar-refractivity contribution in [3.05, 3.63) is 30.3 Å². The van der Waals surface area contributed by atoms with Crippen LogP contribution in [0.3, 0.4) is 0 Å². The van der Waals surface area contributed by atoms with E-state index < -0.39 is 0 Å². The molecule has 0 radical (unpaired) electrons. The topological polar surface area (TPSA) is 21.3 Å². The molecule has 1 aliphatic carbocycles. The summed E-state index contributed by atoms with van der Waals surface area (Å²) >= 11 is 5.89. The first-order valence-electron chi connectivity index (χ1n) is 7.35. The van der Waals surface area contributed by atoms with Crippen LogP contribution in [-0.2, 0) is 0 Å². The van der Waals surface area contributed by atoms with Crippen molar-refractivity contribution in [1.29, 1.82) is 0 Å². The van der Waals surface area contributed by atoms with Gasteiger partial charge in [0.05, 0.1) is 6.61 Å². The Hall–Kier alpha value is -0.730. The third-order valence-electron chi connectivity index (χ3n) is 3.83. The van der Waals surface area contributed by atoms with Gasteiger partial charge < -0.3 is 10.1 Å². The van der Waals surface area contributed by atoms with E-state index in [0.717, 1.165) is 37.1 Å². The first-order valence-corrected chi connectivity index (χ1v) is 7.89. The number of hydrogen-bond donors (Lipinski definition) is 1. The van der Waals surface area contributed by atoms with Crippen LogP contribution in [0.25, 0.3) is 0 Å². The van der Waals surface area contributed by atoms with E-state index in [-0.39, 0.29) is 0 Å². The van der Waals surface area contributed by atoms with E-state index in [1.807, 2.05) is 30.3 Å². The SMILES string of the molecule is ClCC1CCC(NCCCOc2ccccc2)CC1. The van der Waals surface area contributed by atoms with Crippen LogP contribution >= 0.6 is 11.6 Å². The summed E-state index contributed by atoms with van der Waals surface area (Å²) in [5.74, 6) is 2.55. The second-order valence-corrected chi connectivity index (χ2v) is 5.65. The molecule has 106 valence electrons. The molecule has 19 heavy (non-hydrogen) atoms. The van der Waals surface area contributed by atoms with Crippen LogP contribution in [0.15, 0.2) is 30.3 Å². The lowest BCUT2D eigenvalue weighted by atomic mass is 9.87. The molecule has 1 saturated carbocycles. The lowest BCUT2D eigenvalue weighted by Crippen LogP contribution is -2.34. The summed E-state index contributed by atoms with van der Waals surface area (Å²) in [6.45, 7) is 1.83. The lowest BCUT2D eigenvalue weighted by molar-refractivity contribution is 0.282. The minimum Gasteiger partial charge on any atom is -0.494 e. The Kier molecular flexibility index (Phi) is 6.52. The molecule has 0 bridgehead atoms. The Balaban J connectivity index is 1.51. The highest BCUT2D eigenvalue weighted by molar-refractivity contribution is 6.18. The fourth-order valence-electron chi connectivity index (χ4n) is 2.61. The summed E-state index contributed by atoms with van der Waals surface area (Å²) in [5.41, 5.74) is 0. The number of para-hydroxylation sites is 1. The smallest absolute Gasteiger partial charge is 0.119 e. The molecular formula is C16H24ClNO. The zero-order chi connectivity index (χ0) is 13.3. The first kappa shape index (κ1) is 14.7. The highest BCUT2D eigenvalue weighted by Gasteiger charge is 2.19. The maximum absolute atomic E-state index is 5.89. The van der Waals surface area contributed by atoms with Crippen molar-refractivity contribution in [1.82, 2.24) is 5.32 Å². The monoisotopic (exact) mass is 281 g/mol. The van der Waals surface area contributed by atoms with E-state index in [0.29, 0.717) is 6.04 Å². The van der Waals surface area contributed by atoms with Crippen molar-refractivity contribution in [2.75, 3.05) is 19.0 Å². The van der Waals surface area contributed by atoms with Crippen molar-refractivity contribution >= 4 is 11.6 Å². The number of ether oxygens (including phenoxy) is 1. The van der Waals surface area contributed by atoms with E-state index in [4.69, 9.17) is 16.3 Å². The quantitative estimate of drug-likeness (QED) is 0.606. The highest BCUT2D eigenvalue weighted by Crippen LogP contribution is 2.24. The molecular weight excluding hydrogens is 258 g/mol. The van der Waals surface area contributed by atoms with Crippen LogP contribution in [0.5, 0.6) is 5.75 Å². The number of benzene rings is 1. The summed E-state index contributed by atoms with van der Waals surface area (Å²) in [4.78, 5) is 0. The minimum atomic E-state index is 0.691. The molecule has 0 saturated heterocycles. The van der Waals surface area contributed by atoms with Gasteiger partial charge in [0.2, 0.25) is 0 Å². The maximum Gasteiger partial charge on any atom is 0.119 e. The zero-order valence-corrected chi connectivity index (χ0v) is 12.2. The van der Waals surface area contributed by atoms with Crippen molar-refractivity contribution in [2.24, 2.45) is 5.92 Å². The molecule has 3 heteroatoms. The highest BCUT2D eigenvalue weighted by atomic mass is 35.5. The predicted molar refractivity (Wildman–Crippen MR) is 81.0 cm³/mol. The van der Waals surface area contributed by atoms with E-state index in [1.54, 1.807) is 0 Å². The van der Waals surface area contributed by atoms with Gasteiger partial charge in [-0.15, -0.1) is 11.6 Å². The Labute approximate surface area is 121 Å². The molecule has 0 aliphatic heterocycles. The van der Waals surface area contributed by atoms with Gasteiger partial charge in [0.25, 0.3) is 0 Å². The molecule has 1 N–H and O–H groups in total. The largest absolute Gasteiger partial charge is 0.494 e. The predicted octanol–water partition coefficient (Wildman–Crippen LogP) is 3.84. The Morgan fingerprint density at radius 2 is 1.84 bits per heavy atom. The number of nitrogens with one attached hydrogen (secondary N) is 1. The van der Waals surface area contributed by atoms with Crippen molar-refractivity contribution in [3.8, 4) is 5.75 Å². The maximum atomic E-state index is 5.89. The van der Waals surface area contributed by atoms with E-state index in [9.17, 15) is 0 Å². The molecule has 2 rings (SSSR count). The van der Waals surface area contributed by atoms with Gasteiger partial charge in [0.15, 0.2) is 0 Å². The summed E-state index contributed by atoms with van der Waals surface area (Å²) in [6.07, 6.45) is 6.17. The molecule has 1 aromatic carbocycles. The van der Waals surface area contributed by atoms with Gasteiger partial charge in [-0.05, 0) is 56.7 Å². The molecule has 0 atom stereocenters. The average molecular weight is 282 g/mol. The van der Waals surface area contributed by atoms with Crippen LogP contribution < -0.4 is 10.1 Å².